The third kappa shape index (κ3) is 3.26. The van der Waals surface area contributed by atoms with Gasteiger partial charge in [0.15, 0.2) is 5.17 Å². The van der Waals surface area contributed by atoms with Gasteiger partial charge in [-0.3, -0.25) is 4.99 Å². The minimum absolute atomic E-state index is 0.455. The fourth-order valence-corrected chi connectivity index (χ4v) is 3.16. The maximum absolute atomic E-state index is 4.69. The van der Waals surface area contributed by atoms with E-state index < -0.39 is 0 Å². The molecule has 1 N–H and O–H groups in total. The summed E-state index contributed by atoms with van der Waals surface area (Å²) in [6.45, 7) is 6.53. The Hall–Kier alpha value is -0.480. The van der Waals surface area contributed by atoms with E-state index >= 15 is 0 Å². The molecule has 0 radical (unpaired) electrons. The first-order valence-electron chi connectivity index (χ1n) is 5.80. The van der Waals surface area contributed by atoms with E-state index in [4.69, 9.17) is 0 Å². The van der Waals surface area contributed by atoms with E-state index in [0.29, 0.717) is 12.0 Å². The standard InChI is InChI=1S/C13H17BrN2S/c1-8(2)12-7-17-13(16-12)15-10-5-4-9(3)11(14)6-10/h4-6,8,12H,7H2,1-3H3,(H,15,16)/t12-/m1/s1. The lowest BCUT2D eigenvalue weighted by Gasteiger charge is -2.08. The molecule has 1 heterocycles. The summed E-state index contributed by atoms with van der Waals surface area (Å²) < 4.78 is 1.13. The SMILES string of the molecule is Cc1ccc(NC2=N[C@@H](C(C)C)CS2)cc1Br. The van der Waals surface area contributed by atoms with Gasteiger partial charge in [0.1, 0.15) is 0 Å². The van der Waals surface area contributed by atoms with Gasteiger partial charge in [-0.05, 0) is 30.5 Å². The first kappa shape index (κ1) is 13.0. The molecule has 0 unspecified atom stereocenters. The van der Waals surface area contributed by atoms with E-state index in [2.05, 4.69) is 65.2 Å². The van der Waals surface area contributed by atoms with E-state index in [1.54, 1.807) is 0 Å². The molecule has 2 rings (SSSR count). The largest absolute Gasteiger partial charge is 0.335 e. The van der Waals surface area contributed by atoms with Crippen molar-refractivity contribution in [2.75, 3.05) is 11.1 Å². The Morgan fingerprint density at radius 1 is 1.47 bits per heavy atom. The molecule has 0 bridgehead atoms. The molecule has 0 spiro atoms. The number of nitrogens with one attached hydrogen (secondary N) is 1. The van der Waals surface area contributed by atoms with Gasteiger partial charge in [0.25, 0.3) is 0 Å². The first-order valence-corrected chi connectivity index (χ1v) is 7.58. The smallest absolute Gasteiger partial charge is 0.161 e. The first-order chi connectivity index (χ1) is 8.06. The number of benzene rings is 1. The zero-order chi connectivity index (χ0) is 12.4. The zero-order valence-corrected chi connectivity index (χ0v) is 12.7. The van der Waals surface area contributed by atoms with Crippen LogP contribution in [0.5, 0.6) is 0 Å². The van der Waals surface area contributed by atoms with Crippen molar-refractivity contribution in [2.45, 2.75) is 26.8 Å². The Bertz CT molecular complexity index is 443. The Labute approximate surface area is 115 Å². The maximum Gasteiger partial charge on any atom is 0.161 e. The van der Waals surface area contributed by atoms with Gasteiger partial charge in [0.2, 0.25) is 0 Å². The van der Waals surface area contributed by atoms with Crippen LogP contribution in [0.3, 0.4) is 0 Å². The van der Waals surface area contributed by atoms with Crippen LogP contribution in [0.15, 0.2) is 27.7 Å². The molecule has 2 nitrogen and oxygen atoms in total. The molecule has 1 aliphatic rings. The molecule has 17 heavy (non-hydrogen) atoms. The Balaban J connectivity index is 2.06. The summed E-state index contributed by atoms with van der Waals surface area (Å²) in [5.74, 6) is 1.71. The number of thioether (sulfide) groups is 1. The predicted octanol–water partition coefficient (Wildman–Crippen LogP) is 4.30. The summed E-state index contributed by atoms with van der Waals surface area (Å²) >= 11 is 5.35. The predicted molar refractivity (Wildman–Crippen MR) is 81.0 cm³/mol. The van der Waals surface area contributed by atoms with Crippen LogP contribution in [0.25, 0.3) is 0 Å². The highest BCUT2D eigenvalue weighted by Crippen LogP contribution is 2.26. The summed E-state index contributed by atoms with van der Waals surface area (Å²) in [5.41, 5.74) is 2.34. The quantitative estimate of drug-likeness (QED) is 0.880. The third-order valence-electron chi connectivity index (χ3n) is 2.87. The lowest BCUT2D eigenvalue weighted by molar-refractivity contribution is 0.543. The average molecular weight is 313 g/mol. The van der Waals surface area contributed by atoms with Crippen molar-refractivity contribution in [3.05, 3.63) is 28.2 Å². The summed E-state index contributed by atoms with van der Waals surface area (Å²) in [7, 11) is 0. The van der Waals surface area contributed by atoms with E-state index in [-0.39, 0.29) is 0 Å². The number of anilines is 1. The number of aliphatic imine (C=N–C) groups is 1. The maximum atomic E-state index is 4.69. The molecule has 92 valence electrons. The average Bonchev–Trinajstić information content (AvgIpc) is 2.72. The van der Waals surface area contributed by atoms with Crippen LogP contribution in [0.4, 0.5) is 5.69 Å². The highest BCUT2D eigenvalue weighted by molar-refractivity contribution is 9.10. The van der Waals surface area contributed by atoms with Crippen molar-refractivity contribution in [2.24, 2.45) is 10.9 Å². The second-order valence-corrected chi connectivity index (χ2v) is 6.51. The number of halogens is 1. The number of rotatable bonds is 2. The van der Waals surface area contributed by atoms with Crippen molar-refractivity contribution in [1.29, 1.82) is 0 Å². The van der Waals surface area contributed by atoms with Crippen molar-refractivity contribution in [1.82, 2.24) is 0 Å². The molecule has 0 fully saturated rings. The van der Waals surface area contributed by atoms with Gasteiger partial charge in [-0.1, -0.05) is 47.6 Å². The summed E-state index contributed by atoms with van der Waals surface area (Å²) in [6.07, 6.45) is 0. The fraction of sp³-hybridized carbons (Fsp3) is 0.462. The van der Waals surface area contributed by atoms with Gasteiger partial charge >= 0.3 is 0 Å². The van der Waals surface area contributed by atoms with Crippen LogP contribution in [-0.4, -0.2) is 17.0 Å². The topological polar surface area (TPSA) is 24.4 Å². The molecular weight excluding hydrogens is 296 g/mol. The molecule has 0 saturated heterocycles. The third-order valence-corrected chi connectivity index (χ3v) is 4.71. The van der Waals surface area contributed by atoms with Gasteiger partial charge in [0.05, 0.1) is 6.04 Å². The van der Waals surface area contributed by atoms with Gasteiger partial charge in [0, 0.05) is 15.9 Å². The highest BCUT2D eigenvalue weighted by atomic mass is 79.9. The van der Waals surface area contributed by atoms with E-state index in [1.807, 2.05) is 11.8 Å². The molecular formula is C13H17BrN2S. The molecule has 0 aliphatic carbocycles. The van der Waals surface area contributed by atoms with E-state index in [0.717, 1.165) is 21.1 Å². The van der Waals surface area contributed by atoms with Gasteiger partial charge in [-0.2, -0.15) is 0 Å². The van der Waals surface area contributed by atoms with Crippen LogP contribution in [0.1, 0.15) is 19.4 Å². The Kier molecular flexibility index (Phi) is 4.15. The molecule has 1 aromatic rings. The molecule has 4 heteroatoms. The zero-order valence-electron chi connectivity index (χ0n) is 10.3. The van der Waals surface area contributed by atoms with Crippen molar-refractivity contribution < 1.29 is 0 Å². The van der Waals surface area contributed by atoms with Crippen molar-refractivity contribution in [3.8, 4) is 0 Å². The monoisotopic (exact) mass is 312 g/mol. The number of aryl methyl sites for hydroxylation is 1. The van der Waals surface area contributed by atoms with E-state index in [1.165, 1.54) is 5.56 Å². The Morgan fingerprint density at radius 2 is 2.24 bits per heavy atom. The summed E-state index contributed by atoms with van der Waals surface area (Å²) in [4.78, 5) is 4.69. The van der Waals surface area contributed by atoms with Crippen LogP contribution in [-0.2, 0) is 0 Å². The highest BCUT2D eigenvalue weighted by Gasteiger charge is 2.21. The van der Waals surface area contributed by atoms with Gasteiger partial charge in [-0.15, -0.1) is 0 Å². The number of hydrogen-bond acceptors (Lipinski definition) is 3. The minimum atomic E-state index is 0.455. The van der Waals surface area contributed by atoms with Crippen LogP contribution >= 0.6 is 27.7 Å². The van der Waals surface area contributed by atoms with Crippen LogP contribution in [0.2, 0.25) is 0 Å². The second kappa shape index (κ2) is 5.44. The molecule has 0 aromatic heterocycles. The lowest BCUT2D eigenvalue weighted by Crippen LogP contribution is -2.12. The van der Waals surface area contributed by atoms with Crippen molar-refractivity contribution >= 4 is 38.5 Å². The fourth-order valence-electron chi connectivity index (χ4n) is 1.59. The van der Waals surface area contributed by atoms with E-state index in [9.17, 15) is 0 Å². The minimum Gasteiger partial charge on any atom is -0.335 e. The normalized spacial score (nSPS) is 19.6. The van der Waals surface area contributed by atoms with Gasteiger partial charge < -0.3 is 5.32 Å². The van der Waals surface area contributed by atoms with Crippen LogP contribution in [0, 0.1) is 12.8 Å². The second-order valence-electron chi connectivity index (χ2n) is 4.65. The molecule has 1 aromatic carbocycles. The van der Waals surface area contributed by atoms with Crippen LogP contribution < -0.4 is 5.32 Å². The summed E-state index contributed by atoms with van der Waals surface area (Å²) in [5, 5.41) is 4.42. The number of nitrogens with zero attached hydrogens (tertiary/aromatic N) is 1. The molecule has 0 saturated carbocycles. The van der Waals surface area contributed by atoms with Crippen molar-refractivity contribution in [3.63, 3.8) is 0 Å². The number of hydrogen-bond donors (Lipinski definition) is 1. The molecule has 1 atom stereocenters. The number of amidine groups is 1. The Morgan fingerprint density at radius 3 is 2.82 bits per heavy atom. The molecule has 0 amide bonds. The van der Waals surface area contributed by atoms with Gasteiger partial charge in [-0.25, -0.2) is 0 Å². The lowest BCUT2D eigenvalue weighted by atomic mass is 10.1. The summed E-state index contributed by atoms with van der Waals surface area (Å²) in [6, 6.07) is 6.75. The molecule has 1 aliphatic heterocycles.